The molecular formula is C70H94F2N6O12. The maximum atomic E-state index is 15.6. The van der Waals surface area contributed by atoms with Gasteiger partial charge < -0.3 is 57.8 Å². The molecule has 0 spiro atoms. The maximum absolute atomic E-state index is 15.6. The fourth-order valence-corrected chi connectivity index (χ4v) is 12.3. The van der Waals surface area contributed by atoms with E-state index in [1.165, 1.54) is 24.3 Å². The smallest absolute Gasteiger partial charge is 0.418 e. The lowest BCUT2D eigenvalue weighted by atomic mass is 9.99. The van der Waals surface area contributed by atoms with Crippen molar-refractivity contribution in [3.63, 3.8) is 0 Å². The molecule has 4 aromatic rings. The highest BCUT2D eigenvalue weighted by Gasteiger charge is 2.41. The normalized spacial score (nSPS) is 18.5. The number of carbonyl (C=O) groups is 6. The van der Waals surface area contributed by atoms with Crippen LogP contribution in [0, 0.1) is 35.3 Å². The summed E-state index contributed by atoms with van der Waals surface area (Å²) in [5, 5.41) is 0. The monoisotopic (exact) mass is 1250 g/mol. The summed E-state index contributed by atoms with van der Waals surface area (Å²) in [6, 6.07) is 24.8. The van der Waals surface area contributed by atoms with Crippen molar-refractivity contribution in [2.45, 2.75) is 143 Å². The van der Waals surface area contributed by atoms with Gasteiger partial charge in [-0.3, -0.25) is 9.59 Å². The van der Waals surface area contributed by atoms with Gasteiger partial charge in [0, 0.05) is 75.6 Å². The van der Waals surface area contributed by atoms with E-state index in [1.54, 1.807) is 82.6 Å². The fourth-order valence-electron chi connectivity index (χ4n) is 12.3. The number of rotatable bonds is 30. The average Bonchev–Trinajstić information content (AvgIpc) is 1.37. The van der Waals surface area contributed by atoms with E-state index in [0.717, 1.165) is 37.1 Å². The molecule has 4 aliphatic rings. The van der Waals surface area contributed by atoms with Crippen molar-refractivity contribution < 1.29 is 66.0 Å². The summed E-state index contributed by atoms with van der Waals surface area (Å²) < 4.78 is 63.4. The van der Waals surface area contributed by atoms with Crippen LogP contribution in [0.3, 0.4) is 0 Å². The third-order valence-corrected chi connectivity index (χ3v) is 17.6. The van der Waals surface area contributed by atoms with E-state index in [9.17, 15) is 28.0 Å². The van der Waals surface area contributed by atoms with Crippen LogP contribution in [0.15, 0.2) is 97.1 Å². The third-order valence-electron chi connectivity index (χ3n) is 17.6. The molecule has 4 aromatic carbocycles. The van der Waals surface area contributed by atoms with Crippen molar-refractivity contribution >= 4 is 35.9 Å². The largest absolute Gasteiger partial charge is 0.493 e. The van der Waals surface area contributed by atoms with Gasteiger partial charge in [-0.25, -0.2) is 28.0 Å². The number of amides is 4. The Morgan fingerprint density at radius 2 is 0.844 bits per heavy atom. The van der Waals surface area contributed by atoms with Crippen LogP contribution >= 0.6 is 0 Å². The molecule has 0 N–H and O–H groups in total. The molecule has 0 radical (unpaired) electrons. The second-order valence-electron chi connectivity index (χ2n) is 26.0. The Labute approximate surface area is 530 Å². The van der Waals surface area contributed by atoms with E-state index >= 15 is 9.59 Å². The van der Waals surface area contributed by atoms with E-state index in [0.29, 0.717) is 116 Å². The Kier molecular flexibility index (Phi) is 25.2. The van der Waals surface area contributed by atoms with Gasteiger partial charge in [-0.15, -0.1) is 0 Å². The number of piperidine rings is 2. The first-order valence-corrected chi connectivity index (χ1v) is 32.5. The molecule has 4 unspecified atom stereocenters. The molecular weight excluding hydrogens is 1150 g/mol. The van der Waals surface area contributed by atoms with Crippen LogP contribution < -0.4 is 9.47 Å². The number of carbonyl (C=O) groups excluding carboxylic acids is 6. The predicted octanol–water partition coefficient (Wildman–Crippen LogP) is 10.7. The number of likely N-dealkylation sites (tertiary alicyclic amines) is 2. The lowest BCUT2D eigenvalue weighted by Gasteiger charge is -2.40. The van der Waals surface area contributed by atoms with Crippen molar-refractivity contribution in [3.8, 4) is 11.5 Å². The number of hydrogen-bond acceptors (Lipinski definition) is 14. The zero-order valence-electron chi connectivity index (χ0n) is 53.9. The minimum atomic E-state index is -1.66. The summed E-state index contributed by atoms with van der Waals surface area (Å²) in [6.45, 7) is 23.5. The SMILES string of the molecule is CC(C)COc1ccc(C(OC(=O)C(=O)OC(C(=O)N(CCc2ccc(F)cc2)C2CCN(CCCN3C(=O)OCC3C(C)C)CC2)c2ccc(OCC(C)C)cc2)C(=O)N(CCc2ccc(F)cc2)C2CCN(CCCN3C(=O)OCC3C(C)C)CC2)cc1. The maximum Gasteiger partial charge on any atom is 0.418 e. The molecule has 0 saturated carbocycles. The van der Waals surface area contributed by atoms with E-state index in [2.05, 4.69) is 37.5 Å². The third kappa shape index (κ3) is 19.4. The highest BCUT2D eigenvalue weighted by atomic mass is 19.1. The first-order valence-electron chi connectivity index (χ1n) is 32.5. The zero-order chi connectivity index (χ0) is 64.4. The van der Waals surface area contributed by atoms with Gasteiger partial charge in [0.15, 0.2) is 0 Å². The second-order valence-corrected chi connectivity index (χ2v) is 26.0. The molecule has 0 aromatic heterocycles. The van der Waals surface area contributed by atoms with Crippen molar-refractivity contribution in [1.29, 1.82) is 0 Å². The van der Waals surface area contributed by atoms with Crippen molar-refractivity contribution in [2.24, 2.45) is 23.7 Å². The highest BCUT2D eigenvalue weighted by molar-refractivity contribution is 6.30. The standard InChI is InChI=1S/C70H94F2N6O12/c1-47(2)43-85-59-23-15-53(16-24-59)63(65(79)75(41-27-51-11-19-55(71)20-12-51)57-29-37-73(38-30-57)33-9-35-77-61(49(5)6)45-87-69(77)83)89-67(81)68(82)90-64(54-17-25-60(26-18-54)86-44-48(3)4)66(80)76(42-28-52-13-21-56(72)22-14-52)58-31-39-74(40-32-58)34-10-36-78-62(50(7)8)46-88-70(78)84/h11-26,47-50,57-58,61-64H,9-10,27-46H2,1-8H3. The van der Waals surface area contributed by atoms with Crippen LogP contribution in [0.5, 0.6) is 11.5 Å². The Hall–Kier alpha value is -7.32. The molecule has 4 atom stereocenters. The number of esters is 2. The van der Waals surface area contributed by atoms with Crippen LogP contribution in [-0.2, 0) is 51.0 Å². The van der Waals surface area contributed by atoms with Crippen LogP contribution in [-0.4, -0.2) is 181 Å². The first-order chi connectivity index (χ1) is 43.2. The molecule has 4 fully saturated rings. The topological polar surface area (TPSA) is 177 Å². The molecule has 0 aliphatic carbocycles. The van der Waals surface area contributed by atoms with Gasteiger partial charge in [0.05, 0.1) is 25.3 Å². The summed E-state index contributed by atoms with van der Waals surface area (Å²) in [4.78, 5) is 97.4. The Bertz CT molecular complexity index is 2750. The molecule has 8 rings (SSSR count). The zero-order valence-corrected chi connectivity index (χ0v) is 53.9. The number of ether oxygens (including phenoxy) is 6. The lowest BCUT2D eigenvalue weighted by molar-refractivity contribution is -0.180. The van der Waals surface area contributed by atoms with E-state index in [4.69, 9.17) is 28.4 Å². The number of nitrogens with zero attached hydrogens (tertiary/aromatic N) is 6. The van der Waals surface area contributed by atoms with E-state index < -0.39 is 47.6 Å². The van der Waals surface area contributed by atoms with Crippen molar-refractivity contribution in [1.82, 2.24) is 29.4 Å². The highest BCUT2D eigenvalue weighted by Crippen LogP contribution is 2.32. The summed E-state index contributed by atoms with van der Waals surface area (Å²) in [5.74, 6) is -2.95. The minimum absolute atomic E-state index is 0.0224. The molecule has 18 nitrogen and oxygen atoms in total. The lowest BCUT2D eigenvalue weighted by Crippen LogP contribution is -2.51. The summed E-state index contributed by atoms with van der Waals surface area (Å²) >= 11 is 0. The molecule has 20 heteroatoms. The predicted molar refractivity (Wildman–Crippen MR) is 336 cm³/mol. The van der Waals surface area contributed by atoms with Gasteiger partial charge in [-0.2, -0.15) is 0 Å². The van der Waals surface area contributed by atoms with E-state index in [-0.39, 0.29) is 84.2 Å². The molecule has 90 heavy (non-hydrogen) atoms. The number of halogens is 2. The fraction of sp³-hybridized carbons (Fsp3) is 0.571. The molecule has 4 amide bonds. The Balaban J connectivity index is 1.04. The van der Waals surface area contributed by atoms with Gasteiger partial charge in [0.2, 0.25) is 12.2 Å². The second kappa shape index (κ2) is 33.1. The molecule has 4 saturated heterocycles. The van der Waals surface area contributed by atoms with Gasteiger partial charge in [0.1, 0.15) is 36.3 Å². The quantitative estimate of drug-likeness (QED) is 0.0274. The summed E-state index contributed by atoms with van der Waals surface area (Å²) in [7, 11) is 0. The van der Waals surface area contributed by atoms with Crippen molar-refractivity contribution in [2.75, 3.05) is 91.9 Å². The first kappa shape index (κ1) is 68.6. The number of cyclic esters (lactones) is 2. The number of hydrogen-bond donors (Lipinski definition) is 0. The van der Waals surface area contributed by atoms with E-state index in [1.807, 2.05) is 37.5 Å². The van der Waals surface area contributed by atoms with Gasteiger partial charge in [-0.1, -0.05) is 104 Å². The van der Waals surface area contributed by atoms with Crippen LogP contribution in [0.4, 0.5) is 18.4 Å². The van der Waals surface area contributed by atoms with Gasteiger partial charge in [0.25, 0.3) is 11.8 Å². The van der Waals surface area contributed by atoms with Crippen LogP contribution in [0.1, 0.15) is 128 Å². The summed E-state index contributed by atoms with van der Waals surface area (Å²) in [5.41, 5.74) is 2.10. The Morgan fingerprint density at radius 3 is 1.17 bits per heavy atom. The molecule has 0 bridgehead atoms. The molecule has 490 valence electrons. The molecule has 4 heterocycles. The van der Waals surface area contributed by atoms with Crippen LogP contribution in [0.2, 0.25) is 0 Å². The van der Waals surface area contributed by atoms with Crippen molar-refractivity contribution in [3.05, 3.63) is 131 Å². The van der Waals surface area contributed by atoms with Gasteiger partial charge in [-0.05, 0) is 148 Å². The Morgan fingerprint density at radius 1 is 0.500 bits per heavy atom. The van der Waals surface area contributed by atoms with Crippen LogP contribution in [0.25, 0.3) is 0 Å². The average molecular weight is 1250 g/mol. The minimum Gasteiger partial charge on any atom is -0.493 e. The summed E-state index contributed by atoms with van der Waals surface area (Å²) in [6.07, 6.45) is 0.523. The molecule has 4 aliphatic heterocycles. The number of benzene rings is 4. The van der Waals surface area contributed by atoms with Gasteiger partial charge >= 0.3 is 24.1 Å².